The molecule has 15 heavy (non-hydrogen) atoms. The monoisotopic (exact) mass is 215 g/mol. The molecule has 0 aromatic carbocycles. The zero-order valence-electron chi connectivity index (χ0n) is 7.46. The lowest BCUT2D eigenvalue weighted by Crippen LogP contribution is -2.33. The highest BCUT2D eigenvalue weighted by atomic mass is 19.2. The van der Waals surface area contributed by atoms with Crippen molar-refractivity contribution in [3.8, 4) is 0 Å². The highest BCUT2D eigenvalue weighted by Crippen LogP contribution is 2.08. The molecule has 5 nitrogen and oxygen atoms in total. The molecule has 0 bridgehead atoms. The van der Waals surface area contributed by atoms with Crippen LogP contribution in [0.4, 0.5) is 8.78 Å². The fraction of sp³-hybridized carbons (Fsp3) is 0.125. The summed E-state index contributed by atoms with van der Waals surface area (Å²) in [6.07, 6.45) is 0.942. The molecule has 0 aliphatic heterocycles. The number of nitrogens with zero attached hydrogens (tertiary/aromatic N) is 1. The van der Waals surface area contributed by atoms with E-state index in [9.17, 15) is 18.4 Å². The molecule has 0 saturated heterocycles. The van der Waals surface area contributed by atoms with Crippen molar-refractivity contribution in [3.63, 3.8) is 0 Å². The Morgan fingerprint density at radius 1 is 1.47 bits per heavy atom. The van der Waals surface area contributed by atoms with Gasteiger partial charge in [-0.15, -0.1) is 0 Å². The molecule has 7 heteroatoms. The second kappa shape index (κ2) is 4.45. The number of nitrogens with two attached hydrogens (primary N) is 1. The van der Waals surface area contributed by atoms with Crippen LogP contribution < -0.4 is 11.1 Å². The quantitative estimate of drug-likeness (QED) is 0.671. The van der Waals surface area contributed by atoms with E-state index in [1.54, 1.807) is 0 Å². The summed E-state index contributed by atoms with van der Waals surface area (Å²) in [5.41, 5.74) is 4.23. The number of amides is 2. The molecule has 0 unspecified atom stereocenters. The standard InChI is InChI=1S/C8H7F2N3O2/c9-6-4(1-2-12-7(6)10)8(15)13-3-5(11)14/h1-2H,3H2,(H2,11,14)(H,13,15). The summed E-state index contributed by atoms with van der Waals surface area (Å²) in [6, 6.07) is 0.995. The number of carbonyl (C=O) groups is 2. The Labute approximate surface area is 83.3 Å². The Bertz CT molecular complexity index is 409. The van der Waals surface area contributed by atoms with Crippen molar-refractivity contribution in [2.24, 2.45) is 5.73 Å². The summed E-state index contributed by atoms with van der Waals surface area (Å²) < 4.78 is 25.5. The molecule has 80 valence electrons. The number of nitrogens with one attached hydrogen (secondary N) is 1. The molecule has 0 spiro atoms. The minimum Gasteiger partial charge on any atom is -0.368 e. The SMILES string of the molecule is NC(=O)CNC(=O)c1ccnc(F)c1F. The van der Waals surface area contributed by atoms with E-state index in [1.807, 2.05) is 5.32 Å². The van der Waals surface area contributed by atoms with Gasteiger partial charge < -0.3 is 11.1 Å². The van der Waals surface area contributed by atoms with Crippen molar-refractivity contribution in [3.05, 3.63) is 29.6 Å². The van der Waals surface area contributed by atoms with Crippen LogP contribution in [-0.4, -0.2) is 23.3 Å². The number of primary amides is 1. The first-order valence-corrected chi connectivity index (χ1v) is 3.89. The van der Waals surface area contributed by atoms with E-state index in [0.717, 1.165) is 12.3 Å². The summed E-state index contributed by atoms with van der Waals surface area (Å²) in [5.74, 6) is -4.44. The van der Waals surface area contributed by atoms with Crippen LogP contribution in [0.3, 0.4) is 0 Å². The van der Waals surface area contributed by atoms with Crippen LogP contribution in [0, 0.1) is 11.8 Å². The first-order valence-electron chi connectivity index (χ1n) is 3.89. The molecule has 1 rings (SSSR count). The average Bonchev–Trinajstić information content (AvgIpc) is 2.18. The molecular formula is C8H7F2N3O2. The van der Waals surface area contributed by atoms with Gasteiger partial charge in [-0.2, -0.15) is 4.39 Å². The van der Waals surface area contributed by atoms with Gasteiger partial charge in [0.1, 0.15) is 0 Å². The van der Waals surface area contributed by atoms with Gasteiger partial charge in [-0.3, -0.25) is 9.59 Å². The molecule has 0 fully saturated rings. The molecule has 0 aliphatic rings. The van der Waals surface area contributed by atoms with Crippen molar-refractivity contribution in [2.45, 2.75) is 0 Å². The molecule has 1 aromatic rings. The predicted octanol–water partition coefficient (Wildman–Crippen LogP) is -0.425. The molecule has 0 saturated carbocycles. The lowest BCUT2D eigenvalue weighted by Gasteiger charge is -2.03. The first-order chi connectivity index (χ1) is 7.02. The fourth-order valence-corrected chi connectivity index (χ4v) is 0.856. The second-order valence-electron chi connectivity index (χ2n) is 2.61. The molecule has 1 aromatic heterocycles. The normalized spacial score (nSPS) is 9.73. The van der Waals surface area contributed by atoms with E-state index < -0.39 is 35.7 Å². The summed E-state index contributed by atoms with van der Waals surface area (Å²) >= 11 is 0. The van der Waals surface area contributed by atoms with Crippen molar-refractivity contribution >= 4 is 11.8 Å². The highest BCUT2D eigenvalue weighted by Gasteiger charge is 2.15. The minimum absolute atomic E-state index is 0.442. The minimum atomic E-state index is -1.37. The number of hydrogen-bond acceptors (Lipinski definition) is 3. The number of rotatable bonds is 3. The van der Waals surface area contributed by atoms with Crippen LogP contribution in [0.15, 0.2) is 12.3 Å². The van der Waals surface area contributed by atoms with Crippen LogP contribution in [0.1, 0.15) is 10.4 Å². The van der Waals surface area contributed by atoms with Gasteiger partial charge in [0.25, 0.3) is 5.91 Å². The Kier molecular flexibility index (Phi) is 3.27. The van der Waals surface area contributed by atoms with Gasteiger partial charge >= 0.3 is 0 Å². The number of pyridine rings is 1. The molecular weight excluding hydrogens is 208 g/mol. The van der Waals surface area contributed by atoms with Gasteiger partial charge in [-0.25, -0.2) is 9.37 Å². The zero-order chi connectivity index (χ0) is 11.4. The predicted molar refractivity (Wildman–Crippen MR) is 45.7 cm³/mol. The maximum atomic E-state index is 13.0. The largest absolute Gasteiger partial charge is 0.368 e. The van der Waals surface area contributed by atoms with E-state index in [0.29, 0.717) is 0 Å². The highest BCUT2D eigenvalue weighted by molar-refractivity contribution is 5.96. The van der Waals surface area contributed by atoms with E-state index >= 15 is 0 Å². The number of aromatic nitrogens is 1. The lowest BCUT2D eigenvalue weighted by atomic mass is 10.2. The molecule has 0 atom stereocenters. The van der Waals surface area contributed by atoms with E-state index in [1.165, 1.54) is 0 Å². The maximum Gasteiger partial charge on any atom is 0.254 e. The Balaban J connectivity index is 2.82. The topological polar surface area (TPSA) is 85.1 Å². The third-order valence-corrected chi connectivity index (χ3v) is 1.51. The van der Waals surface area contributed by atoms with Crippen LogP contribution >= 0.6 is 0 Å². The Hall–Kier alpha value is -2.05. The van der Waals surface area contributed by atoms with Crippen LogP contribution in [-0.2, 0) is 4.79 Å². The fourth-order valence-electron chi connectivity index (χ4n) is 0.856. The van der Waals surface area contributed by atoms with E-state index in [-0.39, 0.29) is 0 Å². The third-order valence-electron chi connectivity index (χ3n) is 1.51. The number of halogens is 2. The molecule has 0 radical (unpaired) electrons. The van der Waals surface area contributed by atoms with E-state index in [2.05, 4.69) is 4.98 Å². The average molecular weight is 215 g/mol. The van der Waals surface area contributed by atoms with Crippen molar-refractivity contribution in [1.82, 2.24) is 10.3 Å². The smallest absolute Gasteiger partial charge is 0.254 e. The Morgan fingerprint density at radius 2 is 2.13 bits per heavy atom. The third kappa shape index (κ3) is 2.70. The molecule has 1 heterocycles. The first kappa shape index (κ1) is 11.0. The van der Waals surface area contributed by atoms with Gasteiger partial charge in [0.15, 0.2) is 5.82 Å². The molecule has 0 aliphatic carbocycles. The van der Waals surface area contributed by atoms with E-state index in [4.69, 9.17) is 5.73 Å². The van der Waals surface area contributed by atoms with Crippen LogP contribution in [0.5, 0.6) is 0 Å². The Morgan fingerprint density at radius 3 is 2.73 bits per heavy atom. The van der Waals surface area contributed by atoms with Crippen LogP contribution in [0.2, 0.25) is 0 Å². The van der Waals surface area contributed by atoms with Gasteiger partial charge in [0, 0.05) is 6.20 Å². The van der Waals surface area contributed by atoms with Crippen molar-refractivity contribution in [1.29, 1.82) is 0 Å². The van der Waals surface area contributed by atoms with Gasteiger partial charge in [-0.05, 0) is 6.07 Å². The summed E-state index contributed by atoms with van der Waals surface area (Å²) in [7, 11) is 0. The number of carbonyl (C=O) groups excluding carboxylic acids is 2. The maximum absolute atomic E-state index is 13.0. The lowest BCUT2D eigenvalue weighted by molar-refractivity contribution is -0.117. The van der Waals surface area contributed by atoms with Gasteiger partial charge in [-0.1, -0.05) is 0 Å². The van der Waals surface area contributed by atoms with Gasteiger partial charge in [0.2, 0.25) is 11.9 Å². The van der Waals surface area contributed by atoms with Crippen molar-refractivity contribution < 1.29 is 18.4 Å². The van der Waals surface area contributed by atoms with Gasteiger partial charge in [0.05, 0.1) is 12.1 Å². The second-order valence-corrected chi connectivity index (χ2v) is 2.61. The summed E-state index contributed by atoms with van der Waals surface area (Å²) in [5, 5.41) is 2.02. The number of hydrogen-bond donors (Lipinski definition) is 2. The zero-order valence-corrected chi connectivity index (χ0v) is 7.46. The van der Waals surface area contributed by atoms with Crippen molar-refractivity contribution in [2.75, 3.05) is 6.54 Å². The summed E-state index contributed by atoms with van der Waals surface area (Å²) in [6.45, 7) is -0.442. The van der Waals surface area contributed by atoms with Crippen LogP contribution in [0.25, 0.3) is 0 Å². The molecule has 3 N–H and O–H groups in total. The summed E-state index contributed by atoms with van der Waals surface area (Å²) in [4.78, 5) is 24.5. The molecule has 2 amide bonds.